The zero-order valence-corrected chi connectivity index (χ0v) is 26.7. The fraction of sp³-hybridized carbons (Fsp3) is 0. The van der Waals surface area contributed by atoms with Crippen molar-refractivity contribution in [2.45, 2.75) is 9.79 Å². The molecular formula is C36H26N4O6S2. The molecule has 48 heavy (non-hydrogen) atoms. The van der Waals surface area contributed by atoms with Crippen LogP contribution in [0.5, 0.6) is 0 Å². The molecular weight excluding hydrogens is 649 g/mol. The van der Waals surface area contributed by atoms with Crippen LogP contribution in [0.15, 0.2) is 156 Å². The summed E-state index contributed by atoms with van der Waals surface area (Å²) >= 11 is 0. The summed E-state index contributed by atoms with van der Waals surface area (Å²) in [5.74, 6) is 0. The summed E-state index contributed by atoms with van der Waals surface area (Å²) in [5.41, 5.74) is 7.24. The van der Waals surface area contributed by atoms with Crippen LogP contribution in [0.25, 0.3) is 43.4 Å². The Balaban J connectivity index is 0.000000152. The van der Waals surface area contributed by atoms with Gasteiger partial charge in [0.25, 0.3) is 25.7 Å². The number of nitrogens with zero attached hydrogens (tertiary/aromatic N) is 3. The molecule has 0 aliphatic rings. The maximum absolute atomic E-state index is 13.2. The summed E-state index contributed by atoms with van der Waals surface area (Å²) in [4.78, 5) is 11.1. The lowest BCUT2D eigenvalue weighted by Crippen LogP contribution is -2.12. The van der Waals surface area contributed by atoms with Crippen molar-refractivity contribution in [1.29, 1.82) is 0 Å². The maximum Gasteiger partial charge on any atom is 0.278 e. The Morgan fingerprint density at radius 2 is 0.938 bits per heavy atom. The summed E-state index contributed by atoms with van der Waals surface area (Å²) in [6.07, 6.45) is 2.91. The highest BCUT2D eigenvalue weighted by atomic mass is 32.2. The molecule has 0 atom stereocenters. The number of aromatic nitrogens is 2. The number of fused-ring (bicyclic) bond motifs is 4. The van der Waals surface area contributed by atoms with E-state index in [1.165, 1.54) is 28.4 Å². The number of non-ortho nitro benzene ring substituents is 1. The maximum atomic E-state index is 13.2. The van der Waals surface area contributed by atoms with Gasteiger partial charge in [0.1, 0.15) is 0 Å². The summed E-state index contributed by atoms with van der Waals surface area (Å²) in [5, 5.41) is 15.2. The molecule has 0 bridgehead atoms. The number of rotatable bonds is 5. The van der Waals surface area contributed by atoms with Crippen molar-refractivity contribution in [1.82, 2.24) is 7.94 Å². The lowest BCUT2D eigenvalue weighted by Gasteiger charge is -2.10. The van der Waals surface area contributed by atoms with Gasteiger partial charge >= 0.3 is 0 Å². The predicted molar refractivity (Wildman–Crippen MR) is 188 cm³/mol. The topological polar surface area (TPSA) is 147 Å². The van der Waals surface area contributed by atoms with Crippen LogP contribution >= 0.6 is 0 Å². The van der Waals surface area contributed by atoms with Crippen LogP contribution in [0.3, 0.4) is 0 Å². The van der Waals surface area contributed by atoms with Crippen molar-refractivity contribution >= 4 is 74.8 Å². The highest BCUT2D eigenvalue weighted by Crippen LogP contribution is 2.32. The van der Waals surface area contributed by atoms with Gasteiger partial charge in [-0.15, -0.1) is 0 Å². The molecule has 10 nitrogen and oxygen atoms in total. The van der Waals surface area contributed by atoms with Gasteiger partial charge in [-0.05, 0) is 53.2 Å². The Kier molecular flexibility index (Phi) is 7.46. The molecule has 238 valence electrons. The number of hydrogen-bond acceptors (Lipinski definition) is 7. The van der Waals surface area contributed by atoms with Gasteiger partial charge in [-0.3, -0.25) is 10.1 Å². The molecule has 0 radical (unpaired) electrons. The molecule has 0 unspecified atom stereocenters. The van der Waals surface area contributed by atoms with E-state index in [0.717, 1.165) is 20.1 Å². The summed E-state index contributed by atoms with van der Waals surface area (Å²) in [6, 6.07) is 37.9. The van der Waals surface area contributed by atoms with E-state index in [-0.39, 0.29) is 26.4 Å². The Bertz CT molecular complexity index is 2760. The second-order valence-electron chi connectivity index (χ2n) is 10.9. The van der Waals surface area contributed by atoms with E-state index in [1.807, 2.05) is 48.5 Å². The molecule has 0 amide bonds. The smallest absolute Gasteiger partial charge is 0.278 e. The molecule has 2 N–H and O–H groups in total. The molecule has 0 saturated carbocycles. The third-order valence-electron chi connectivity index (χ3n) is 8.17. The number of hydrogen-bond donors (Lipinski definition) is 1. The summed E-state index contributed by atoms with van der Waals surface area (Å²) in [6.45, 7) is 0. The van der Waals surface area contributed by atoms with Crippen molar-refractivity contribution in [2.24, 2.45) is 0 Å². The molecule has 6 aromatic carbocycles. The highest BCUT2D eigenvalue weighted by molar-refractivity contribution is 7.90. The molecule has 0 fully saturated rings. The van der Waals surface area contributed by atoms with Gasteiger partial charge < -0.3 is 5.73 Å². The summed E-state index contributed by atoms with van der Waals surface area (Å²) < 4.78 is 55.1. The fourth-order valence-corrected chi connectivity index (χ4v) is 9.06. The van der Waals surface area contributed by atoms with Crippen molar-refractivity contribution in [2.75, 3.05) is 5.73 Å². The first-order chi connectivity index (χ1) is 23.1. The number of nitrogens with two attached hydrogens (primary N) is 1. The first-order valence-electron chi connectivity index (χ1n) is 14.7. The molecule has 2 aromatic heterocycles. The van der Waals surface area contributed by atoms with E-state index < -0.39 is 25.0 Å². The van der Waals surface area contributed by atoms with Gasteiger partial charge in [0.15, 0.2) is 0 Å². The van der Waals surface area contributed by atoms with Gasteiger partial charge in [-0.2, -0.15) is 0 Å². The van der Waals surface area contributed by atoms with Crippen LogP contribution < -0.4 is 5.73 Å². The van der Waals surface area contributed by atoms with Crippen molar-refractivity contribution in [3.8, 4) is 0 Å². The van der Waals surface area contributed by atoms with Crippen molar-refractivity contribution in [3.63, 3.8) is 0 Å². The predicted octanol–water partition coefficient (Wildman–Crippen LogP) is 7.55. The zero-order valence-electron chi connectivity index (χ0n) is 25.0. The second kappa shape index (κ2) is 11.7. The molecule has 0 spiro atoms. The molecule has 2 heterocycles. The first-order valence-corrected chi connectivity index (χ1v) is 17.5. The largest absolute Gasteiger partial charge is 0.398 e. The minimum absolute atomic E-state index is 0.121. The molecule has 8 rings (SSSR count). The van der Waals surface area contributed by atoms with Crippen LogP contribution in [0.4, 0.5) is 11.4 Å². The van der Waals surface area contributed by atoms with Gasteiger partial charge in [0.05, 0.1) is 31.1 Å². The monoisotopic (exact) mass is 674 g/mol. The standard InChI is InChI=1S/C18H12N2O4S.C18H14N2O2S/c21-20(22)17-9-4-8-16-15(17)11-12-19(16)25(23,24)18-10-3-6-13-5-1-2-7-14(13)18;19-16-8-4-9-17-15(16)11-12-20(17)23(21,22)18-10-3-6-13-5-1-2-7-14(13)18/h1-12H;1-12H,19H2. The van der Waals surface area contributed by atoms with Crippen molar-refractivity contribution < 1.29 is 21.8 Å². The molecule has 12 heteroatoms. The van der Waals surface area contributed by atoms with Crippen LogP contribution in [-0.2, 0) is 20.0 Å². The van der Waals surface area contributed by atoms with Gasteiger partial charge in [0, 0.05) is 40.3 Å². The number of nitro groups is 1. The Morgan fingerprint density at radius 3 is 1.48 bits per heavy atom. The fourth-order valence-electron chi connectivity index (χ4n) is 5.92. The normalized spacial score (nSPS) is 11.9. The minimum atomic E-state index is -3.90. The van der Waals surface area contributed by atoms with E-state index in [0.29, 0.717) is 22.0 Å². The third kappa shape index (κ3) is 5.03. The number of anilines is 1. The molecule has 8 aromatic rings. The Morgan fingerprint density at radius 1 is 0.500 bits per heavy atom. The second-order valence-corrected chi connectivity index (χ2v) is 14.5. The van der Waals surface area contributed by atoms with Gasteiger partial charge in [-0.1, -0.05) is 84.9 Å². The van der Waals surface area contributed by atoms with Crippen LogP contribution in [0, 0.1) is 10.1 Å². The van der Waals surface area contributed by atoms with E-state index in [1.54, 1.807) is 72.9 Å². The summed E-state index contributed by atoms with van der Waals surface area (Å²) in [7, 11) is -7.60. The SMILES string of the molecule is Nc1cccc2c1ccn2S(=O)(=O)c1cccc2ccccc12.O=[N+]([O-])c1cccc2c1ccn2S(=O)(=O)c1cccc2ccccc12. The Hall–Kier alpha value is -5.98. The third-order valence-corrected chi connectivity index (χ3v) is 11.7. The lowest BCUT2D eigenvalue weighted by molar-refractivity contribution is -0.383. The lowest BCUT2D eigenvalue weighted by atomic mass is 10.1. The highest BCUT2D eigenvalue weighted by Gasteiger charge is 2.24. The van der Waals surface area contributed by atoms with Gasteiger partial charge in [-0.25, -0.2) is 24.8 Å². The van der Waals surface area contributed by atoms with E-state index in [2.05, 4.69) is 0 Å². The zero-order chi connectivity index (χ0) is 33.6. The van der Waals surface area contributed by atoms with Crippen LogP contribution in [0.1, 0.15) is 0 Å². The van der Waals surface area contributed by atoms with E-state index >= 15 is 0 Å². The quantitative estimate of drug-likeness (QED) is 0.113. The van der Waals surface area contributed by atoms with Crippen LogP contribution in [-0.4, -0.2) is 29.7 Å². The molecule has 0 saturated heterocycles. The average Bonchev–Trinajstić information content (AvgIpc) is 3.75. The van der Waals surface area contributed by atoms with Crippen LogP contribution in [0.2, 0.25) is 0 Å². The minimum Gasteiger partial charge on any atom is -0.398 e. The van der Waals surface area contributed by atoms with Gasteiger partial charge in [0.2, 0.25) is 0 Å². The van der Waals surface area contributed by atoms with E-state index in [9.17, 15) is 26.9 Å². The Labute approximate surface area is 275 Å². The molecule has 0 aliphatic carbocycles. The van der Waals surface area contributed by atoms with E-state index in [4.69, 9.17) is 5.73 Å². The molecule has 0 aliphatic heterocycles. The first kappa shape index (κ1) is 30.7. The van der Waals surface area contributed by atoms with Crippen molar-refractivity contribution in [3.05, 3.63) is 156 Å². The number of benzene rings is 6. The average molecular weight is 675 g/mol. The number of nitrogen functional groups attached to an aromatic ring is 1. The number of nitro benzene ring substituents is 1.